The van der Waals surface area contributed by atoms with E-state index in [0.717, 1.165) is 42.1 Å². The molecule has 3 aromatic rings. The number of carbonyl (C=O) groups is 1. The van der Waals surface area contributed by atoms with Gasteiger partial charge in [0.1, 0.15) is 0 Å². The summed E-state index contributed by atoms with van der Waals surface area (Å²) >= 11 is 0. The lowest BCUT2D eigenvalue weighted by Gasteiger charge is -2.25. The molecule has 2 atom stereocenters. The van der Waals surface area contributed by atoms with E-state index in [2.05, 4.69) is 22.9 Å². The highest BCUT2D eigenvalue weighted by atomic mass is 16.2. The van der Waals surface area contributed by atoms with Gasteiger partial charge in [-0.1, -0.05) is 42.0 Å². The van der Waals surface area contributed by atoms with E-state index in [1.807, 2.05) is 24.5 Å². The number of likely N-dealkylation sites (tertiary alicyclic amines) is 1. The number of likely N-dealkylation sites (N-methyl/N-ethyl adjacent to an activating group) is 1. The van der Waals surface area contributed by atoms with Gasteiger partial charge in [0.15, 0.2) is 16.9 Å². The highest BCUT2D eigenvalue weighted by Crippen LogP contribution is 2.35. The molecule has 0 radical (unpaired) electrons. The summed E-state index contributed by atoms with van der Waals surface area (Å²) in [4.78, 5) is 49.3. The van der Waals surface area contributed by atoms with E-state index in [1.54, 1.807) is 31.3 Å². The van der Waals surface area contributed by atoms with E-state index in [9.17, 15) is 14.4 Å². The van der Waals surface area contributed by atoms with Crippen molar-refractivity contribution in [1.29, 1.82) is 0 Å². The molecule has 2 aromatic heterocycles. The number of rotatable bonds is 6. The topological polar surface area (TPSA) is 85.4 Å². The Balaban J connectivity index is 1.66. The smallest absolute Gasteiger partial charge is 0.332 e. The summed E-state index contributed by atoms with van der Waals surface area (Å²) in [5.74, 6) is 1.01. The third-order valence-electron chi connectivity index (χ3n) is 7.28. The average molecular weight is 477 g/mol. The number of nitrogens with zero attached hydrogens (tertiary/aromatic N) is 6. The van der Waals surface area contributed by atoms with Gasteiger partial charge in [0.05, 0.1) is 6.54 Å². The summed E-state index contributed by atoms with van der Waals surface area (Å²) in [5.41, 5.74) is 1.29. The van der Waals surface area contributed by atoms with Gasteiger partial charge in [-0.25, -0.2) is 4.79 Å². The number of ketones is 1. The molecule has 0 N–H and O–H groups in total. The Kier molecular flexibility index (Phi) is 5.96. The number of allylic oxidation sites excluding steroid dienone is 2. The van der Waals surface area contributed by atoms with Crippen LogP contribution in [0.2, 0.25) is 0 Å². The Labute approximate surface area is 203 Å². The lowest BCUT2D eigenvalue weighted by atomic mass is 10.1. The third-order valence-corrected chi connectivity index (χ3v) is 7.28. The standard InChI is InChI=1S/C26H32N6O3/c1-17(2)10-12-31-22-23(27-25(31)30-13-11-19-14-28(3)15-20(19)30)29(4)26(35)32(24(22)34)16-21(33)18-8-6-5-7-9-18/h5-10,19-20H,11-16H2,1-4H3/t19-,20+/m0/s1. The number of aryl methyl sites for hydroxylation is 1. The number of aromatic nitrogens is 4. The summed E-state index contributed by atoms with van der Waals surface area (Å²) < 4.78 is 4.36. The molecular weight excluding hydrogens is 444 g/mol. The first kappa shape index (κ1) is 23.3. The molecule has 9 nitrogen and oxygen atoms in total. The summed E-state index contributed by atoms with van der Waals surface area (Å²) in [5, 5.41) is 0. The van der Waals surface area contributed by atoms with E-state index >= 15 is 0 Å². The van der Waals surface area contributed by atoms with Crippen LogP contribution in [0.4, 0.5) is 5.95 Å². The molecule has 2 saturated heterocycles. The van der Waals surface area contributed by atoms with Crippen molar-refractivity contribution in [2.24, 2.45) is 13.0 Å². The Morgan fingerprint density at radius 1 is 1.09 bits per heavy atom. The Bertz CT molecular complexity index is 1430. The first-order valence-corrected chi connectivity index (χ1v) is 12.1. The number of anilines is 1. The van der Waals surface area contributed by atoms with Crippen LogP contribution in [0.25, 0.3) is 11.2 Å². The number of benzene rings is 1. The van der Waals surface area contributed by atoms with Crippen LogP contribution in [-0.2, 0) is 20.1 Å². The normalized spacial score (nSPS) is 19.9. The van der Waals surface area contributed by atoms with Gasteiger partial charge in [-0.05, 0) is 33.2 Å². The first-order chi connectivity index (χ1) is 16.8. The zero-order valence-corrected chi connectivity index (χ0v) is 20.8. The minimum atomic E-state index is -0.537. The minimum Gasteiger partial charge on any atom is -0.338 e. The molecule has 1 aromatic carbocycles. The quantitative estimate of drug-likeness (QED) is 0.399. The van der Waals surface area contributed by atoms with E-state index < -0.39 is 11.2 Å². The second-order valence-electron chi connectivity index (χ2n) is 10.0. The second-order valence-corrected chi connectivity index (χ2v) is 10.0. The van der Waals surface area contributed by atoms with Gasteiger partial charge < -0.3 is 14.4 Å². The highest BCUT2D eigenvalue weighted by Gasteiger charge is 2.42. The number of imidazole rings is 1. The van der Waals surface area contributed by atoms with Crippen molar-refractivity contribution in [2.45, 2.75) is 39.4 Å². The SMILES string of the molecule is CC(C)=CCn1c(N2CC[C@H]3CN(C)C[C@H]32)nc2c1c(=O)n(CC(=O)c1ccccc1)c(=O)n2C. The molecule has 35 heavy (non-hydrogen) atoms. The molecule has 4 heterocycles. The minimum absolute atomic E-state index is 0.281. The van der Waals surface area contributed by atoms with E-state index in [1.165, 1.54) is 4.57 Å². The molecule has 2 fully saturated rings. The predicted octanol–water partition coefficient (Wildman–Crippen LogP) is 1.89. The molecule has 9 heteroatoms. The van der Waals surface area contributed by atoms with Gasteiger partial charge in [-0.2, -0.15) is 4.98 Å². The molecule has 5 rings (SSSR count). The number of fused-ring (bicyclic) bond motifs is 2. The summed E-state index contributed by atoms with van der Waals surface area (Å²) in [6.07, 6.45) is 3.14. The second kappa shape index (κ2) is 8.96. The molecule has 0 saturated carbocycles. The molecule has 0 aliphatic carbocycles. The summed E-state index contributed by atoms with van der Waals surface area (Å²) in [6, 6.07) is 9.07. The van der Waals surface area contributed by atoms with Crippen molar-refractivity contribution in [3.63, 3.8) is 0 Å². The molecule has 0 unspecified atom stereocenters. The van der Waals surface area contributed by atoms with E-state index in [0.29, 0.717) is 35.2 Å². The van der Waals surface area contributed by atoms with E-state index in [4.69, 9.17) is 4.98 Å². The van der Waals surface area contributed by atoms with Gasteiger partial charge in [-0.15, -0.1) is 0 Å². The lowest BCUT2D eigenvalue weighted by Crippen LogP contribution is -2.41. The third kappa shape index (κ3) is 4.03. The van der Waals surface area contributed by atoms with E-state index in [-0.39, 0.29) is 12.3 Å². The molecular formula is C26H32N6O3. The molecule has 0 bridgehead atoms. The van der Waals surface area contributed by atoms with Gasteiger partial charge in [0.25, 0.3) is 5.56 Å². The first-order valence-electron chi connectivity index (χ1n) is 12.1. The van der Waals surface area contributed by atoms with Crippen LogP contribution in [0.3, 0.4) is 0 Å². The van der Waals surface area contributed by atoms with Crippen molar-refractivity contribution >= 4 is 22.9 Å². The van der Waals surface area contributed by atoms with Crippen molar-refractivity contribution < 1.29 is 4.79 Å². The maximum absolute atomic E-state index is 13.7. The average Bonchev–Trinajstić information content (AvgIpc) is 3.51. The van der Waals surface area contributed by atoms with Crippen LogP contribution >= 0.6 is 0 Å². The number of carbonyl (C=O) groups excluding carboxylic acids is 1. The highest BCUT2D eigenvalue weighted by molar-refractivity contribution is 5.95. The number of hydrogen-bond donors (Lipinski definition) is 0. The zero-order valence-electron chi connectivity index (χ0n) is 20.8. The van der Waals surface area contributed by atoms with Crippen molar-refractivity contribution in [1.82, 2.24) is 23.6 Å². The van der Waals surface area contributed by atoms with Crippen molar-refractivity contribution in [3.05, 3.63) is 68.4 Å². The maximum atomic E-state index is 13.7. The monoisotopic (exact) mass is 476 g/mol. The Morgan fingerprint density at radius 2 is 1.83 bits per heavy atom. The number of hydrogen-bond acceptors (Lipinski definition) is 6. The molecule has 0 spiro atoms. The van der Waals surface area contributed by atoms with Crippen LogP contribution in [-0.4, -0.2) is 62.1 Å². The Morgan fingerprint density at radius 3 is 2.54 bits per heavy atom. The summed E-state index contributed by atoms with van der Waals surface area (Å²) in [6.45, 7) is 7.07. The predicted molar refractivity (Wildman–Crippen MR) is 136 cm³/mol. The van der Waals surface area contributed by atoms with Crippen LogP contribution in [0, 0.1) is 5.92 Å². The molecule has 2 aliphatic rings. The maximum Gasteiger partial charge on any atom is 0.332 e. The lowest BCUT2D eigenvalue weighted by molar-refractivity contribution is 0.0969. The molecule has 0 amide bonds. The van der Waals surface area contributed by atoms with Gasteiger partial charge in [0.2, 0.25) is 5.95 Å². The van der Waals surface area contributed by atoms with Crippen LogP contribution in [0.5, 0.6) is 0 Å². The van der Waals surface area contributed by atoms with Crippen LogP contribution < -0.4 is 16.1 Å². The molecule has 184 valence electrons. The molecule has 2 aliphatic heterocycles. The fourth-order valence-electron chi connectivity index (χ4n) is 5.45. The fourth-order valence-corrected chi connectivity index (χ4v) is 5.45. The van der Waals surface area contributed by atoms with Gasteiger partial charge in [0, 0.05) is 44.8 Å². The zero-order chi connectivity index (χ0) is 24.9. The Hall–Kier alpha value is -3.46. The van der Waals surface area contributed by atoms with Gasteiger partial charge >= 0.3 is 5.69 Å². The van der Waals surface area contributed by atoms with Crippen LogP contribution in [0.15, 0.2) is 51.6 Å². The van der Waals surface area contributed by atoms with Gasteiger partial charge in [-0.3, -0.25) is 18.7 Å². The fraction of sp³-hybridized carbons (Fsp3) is 0.462. The number of Topliss-reactive ketones (excluding diaryl/α,β-unsaturated/α-hetero) is 1. The van der Waals surface area contributed by atoms with Crippen LogP contribution in [0.1, 0.15) is 30.6 Å². The van der Waals surface area contributed by atoms with Crippen molar-refractivity contribution in [3.8, 4) is 0 Å². The summed E-state index contributed by atoms with van der Waals surface area (Å²) in [7, 11) is 3.75. The largest absolute Gasteiger partial charge is 0.338 e. The van der Waals surface area contributed by atoms with Crippen molar-refractivity contribution in [2.75, 3.05) is 31.6 Å².